The van der Waals surface area contributed by atoms with Crippen LogP contribution < -0.4 is 4.74 Å². The first-order valence-corrected chi connectivity index (χ1v) is 7.20. The van der Waals surface area contributed by atoms with Crippen LogP contribution in [0.5, 0.6) is 11.5 Å². The summed E-state index contributed by atoms with van der Waals surface area (Å²) >= 11 is 0. The Hall–Kier alpha value is -2.31. The summed E-state index contributed by atoms with van der Waals surface area (Å²) in [6.07, 6.45) is -2.66. The normalized spacial score (nSPS) is 22.3. The van der Waals surface area contributed by atoms with Crippen LogP contribution in [-0.2, 0) is 4.74 Å². The molecule has 0 fully saturated rings. The second kappa shape index (κ2) is 5.11. The van der Waals surface area contributed by atoms with Crippen molar-refractivity contribution in [2.24, 2.45) is 0 Å². The fourth-order valence-electron chi connectivity index (χ4n) is 2.97. The van der Waals surface area contributed by atoms with Crippen LogP contribution in [0.1, 0.15) is 35.9 Å². The van der Waals surface area contributed by atoms with E-state index in [1.807, 2.05) is 0 Å². The van der Waals surface area contributed by atoms with Crippen LogP contribution in [0.4, 0.5) is 0 Å². The third kappa shape index (κ3) is 2.14. The number of phenols is 1. The number of carbonyl (C=O) groups is 1. The molecule has 0 amide bonds. The van der Waals surface area contributed by atoms with Crippen molar-refractivity contribution in [1.29, 1.82) is 0 Å². The highest BCUT2D eigenvalue weighted by Gasteiger charge is 2.46. The van der Waals surface area contributed by atoms with E-state index in [0.29, 0.717) is 10.8 Å². The molecule has 1 heterocycles. The van der Waals surface area contributed by atoms with Crippen LogP contribution in [-0.4, -0.2) is 40.1 Å². The predicted molar refractivity (Wildman–Crippen MR) is 82.6 cm³/mol. The quantitative estimate of drug-likeness (QED) is 0.695. The molecule has 23 heavy (non-hydrogen) atoms. The number of phenolic OH excluding ortho intramolecular Hbond substituents is 1. The highest BCUT2D eigenvalue weighted by Crippen LogP contribution is 2.49. The molecule has 2 aromatic carbocycles. The lowest BCUT2D eigenvalue weighted by Gasteiger charge is -2.41. The zero-order valence-electron chi connectivity index (χ0n) is 13.0. The number of carbonyl (C=O) groups excluding carboxylic acids is 1. The van der Waals surface area contributed by atoms with Gasteiger partial charge >= 0.3 is 5.97 Å². The smallest absolute Gasteiger partial charge is 0.342 e. The van der Waals surface area contributed by atoms with Crippen LogP contribution in [0.25, 0.3) is 10.8 Å². The summed E-state index contributed by atoms with van der Waals surface area (Å²) in [7, 11) is 1.18. The van der Waals surface area contributed by atoms with Gasteiger partial charge in [0.2, 0.25) is 0 Å². The molecule has 2 unspecified atom stereocenters. The molecule has 3 rings (SSSR count). The number of hydrogen-bond acceptors (Lipinski definition) is 6. The summed E-state index contributed by atoms with van der Waals surface area (Å²) < 4.78 is 10.6. The highest BCUT2D eigenvalue weighted by molar-refractivity contribution is 6.06. The standard InChI is InChI=1S/C17H18O6/c1-17(2)15(20)13(19)10-11(16(21)22-3)12(18)8-6-4-5-7-9(8)14(10)23-17/h4-7,13,15,18-20H,1-3H3. The Morgan fingerprint density at radius 2 is 1.83 bits per heavy atom. The van der Waals surface area contributed by atoms with Crippen LogP contribution in [0, 0.1) is 0 Å². The summed E-state index contributed by atoms with van der Waals surface area (Å²) in [6, 6.07) is 6.84. The Morgan fingerprint density at radius 1 is 1.22 bits per heavy atom. The monoisotopic (exact) mass is 318 g/mol. The first-order valence-electron chi connectivity index (χ1n) is 7.20. The molecule has 6 nitrogen and oxygen atoms in total. The number of benzene rings is 2. The number of aliphatic hydroxyl groups excluding tert-OH is 2. The number of ether oxygens (including phenoxy) is 2. The lowest BCUT2D eigenvalue weighted by atomic mass is 9.84. The lowest BCUT2D eigenvalue weighted by Crippen LogP contribution is -2.49. The Labute approximate surface area is 132 Å². The van der Waals surface area contributed by atoms with Gasteiger partial charge < -0.3 is 24.8 Å². The largest absolute Gasteiger partial charge is 0.506 e. The van der Waals surface area contributed by atoms with E-state index in [1.54, 1.807) is 38.1 Å². The van der Waals surface area contributed by atoms with Crippen molar-refractivity contribution in [2.45, 2.75) is 31.7 Å². The van der Waals surface area contributed by atoms with Crippen LogP contribution in [0.3, 0.4) is 0 Å². The van der Waals surface area contributed by atoms with Gasteiger partial charge in [-0.1, -0.05) is 24.3 Å². The average molecular weight is 318 g/mol. The van der Waals surface area contributed by atoms with E-state index in [0.717, 1.165) is 0 Å². The molecule has 2 aromatic rings. The average Bonchev–Trinajstić information content (AvgIpc) is 2.53. The summed E-state index contributed by atoms with van der Waals surface area (Å²) in [5, 5.41) is 32.3. The van der Waals surface area contributed by atoms with E-state index < -0.39 is 23.8 Å². The van der Waals surface area contributed by atoms with E-state index >= 15 is 0 Å². The zero-order chi connectivity index (χ0) is 16.9. The molecule has 0 radical (unpaired) electrons. The van der Waals surface area contributed by atoms with E-state index in [9.17, 15) is 20.1 Å². The van der Waals surface area contributed by atoms with E-state index in [2.05, 4.69) is 0 Å². The maximum atomic E-state index is 12.1. The molecule has 1 aliphatic rings. The number of rotatable bonds is 1. The molecule has 122 valence electrons. The zero-order valence-corrected chi connectivity index (χ0v) is 13.0. The number of fused-ring (bicyclic) bond motifs is 3. The Bertz CT molecular complexity index is 795. The van der Waals surface area contributed by atoms with Gasteiger partial charge in [0.05, 0.1) is 7.11 Å². The first-order chi connectivity index (χ1) is 10.8. The molecule has 0 aliphatic carbocycles. The topological polar surface area (TPSA) is 96.2 Å². The molecule has 0 saturated heterocycles. The Morgan fingerprint density at radius 3 is 2.43 bits per heavy atom. The summed E-state index contributed by atoms with van der Waals surface area (Å²) in [6.45, 7) is 3.28. The van der Waals surface area contributed by atoms with Crippen molar-refractivity contribution in [3.05, 3.63) is 35.4 Å². The summed E-state index contributed by atoms with van der Waals surface area (Å²) in [5.74, 6) is -0.846. The second-order valence-corrected chi connectivity index (χ2v) is 6.10. The molecule has 0 bridgehead atoms. The van der Waals surface area contributed by atoms with Crippen molar-refractivity contribution >= 4 is 16.7 Å². The highest BCUT2D eigenvalue weighted by atomic mass is 16.5. The number of hydrogen-bond donors (Lipinski definition) is 3. The molecular weight excluding hydrogens is 300 g/mol. The molecule has 6 heteroatoms. The molecule has 1 aliphatic heterocycles. The van der Waals surface area contributed by atoms with Crippen molar-refractivity contribution in [3.8, 4) is 11.5 Å². The molecule has 2 atom stereocenters. The number of esters is 1. The fraction of sp³-hybridized carbons (Fsp3) is 0.353. The van der Waals surface area contributed by atoms with Gasteiger partial charge in [-0.05, 0) is 13.8 Å². The van der Waals surface area contributed by atoms with Crippen LogP contribution in [0.15, 0.2) is 24.3 Å². The third-order valence-corrected chi connectivity index (χ3v) is 4.24. The Balaban J connectivity index is 2.45. The second-order valence-electron chi connectivity index (χ2n) is 6.10. The number of aliphatic hydroxyl groups is 2. The SMILES string of the molecule is COC(=O)c1c2c(c3ccccc3c1O)OC(C)(C)C(O)C2O. The molecule has 0 aromatic heterocycles. The molecule has 0 saturated carbocycles. The van der Waals surface area contributed by atoms with E-state index in [1.165, 1.54) is 7.11 Å². The van der Waals surface area contributed by atoms with Gasteiger partial charge in [-0.3, -0.25) is 0 Å². The van der Waals surface area contributed by atoms with Gasteiger partial charge in [0.15, 0.2) is 0 Å². The minimum absolute atomic E-state index is 0.0416. The number of methoxy groups -OCH3 is 1. The van der Waals surface area contributed by atoms with E-state index in [-0.39, 0.29) is 22.6 Å². The number of aromatic hydroxyl groups is 1. The third-order valence-electron chi connectivity index (χ3n) is 4.24. The van der Waals surface area contributed by atoms with Gasteiger partial charge in [0, 0.05) is 16.3 Å². The van der Waals surface area contributed by atoms with E-state index in [4.69, 9.17) is 9.47 Å². The summed E-state index contributed by atoms with van der Waals surface area (Å²) in [5.41, 5.74) is -1.21. The van der Waals surface area contributed by atoms with Gasteiger partial charge in [-0.25, -0.2) is 4.79 Å². The van der Waals surface area contributed by atoms with Gasteiger partial charge in [-0.2, -0.15) is 0 Å². The minimum atomic E-state index is -1.39. The summed E-state index contributed by atoms with van der Waals surface area (Å²) in [4.78, 5) is 12.1. The van der Waals surface area contributed by atoms with Crippen molar-refractivity contribution in [1.82, 2.24) is 0 Å². The first kappa shape index (κ1) is 15.6. The molecule has 0 spiro atoms. The van der Waals surface area contributed by atoms with Crippen molar-refractivity contribution in [3.63, 3.8) is 0 Å². The predicted octanol–water partition coefficient (Wildman–Crippen LogP) is 1.90. The minimum Gasteiger partial charge on any atom is -0.506 e. The van der Waals surface area contributed by atoms with Crippen LogP contribution in [0.2, 0.25) is 0 Å². The Kier molecular flexibility index (Phi) is 3.46. The molecule has 3 N–H and O–H groups in total. The van der Waals surface area contributed by atoms with Crippen molar-refractivity contribution in [2.75, 3.05) is 7.11 Å². The van der Waals surface area contributed by atoms with Gasteiger partial charge in [0.1, 0.15) is 34.9 Å². The van der Waals surface area contributed by atoms with Gasteiger partial charge in [0.25, 0.3) is 0 Å². The van der Waals surface area contributed by atoms with Crippen molar-refractivity contribution < 1.29 is 29.6 Å². The van der Waals surface area contributed by atoms with Crippen LogP contribution >= 0.6 is 0 Å². The lowest BCUT2D eigenvalue weighted by molar-refractivity contribution is -0.111. The molecular formula is C17H18O6. The van der Waals surface area contributed by atoms with Gasteiger partial charge in [-0.15, -0.1) is 0 Å². The fourth-order valence-corrected chi connectivity index (χ4v) is 2.97. The maximum Gasteiger partial charge on any atom is 0.342 e. The maximum absolute atomic E-state index is 12.1.